The summed E-state index contributed by atoms with van der Waals surface area (Å²) < 4.78 is 0. The highest BCUT2D eigenvalue weighted by molar-refractivity contribution is 5.62. The van der Waals surface area contributed by atoms with Crippen LogP contribution >= 0.6 is 0 Å². The van der Waals surface area contributed by atoms with Crippen molar-refractivity contribution in [3.8, 4) is 0 Å². The van der Waals surface area contributed by atoms with Crippen LogP contribution in [0, 0.1) is 0 Å². The molecule has 124 valence electrons. The molecule has 0 unspecified atom stereocenters. The third-order valence-electron chi connectivity index (χ3n) is 4.05. The standard InChI is InChI=1S/C19H28N4/c1-16(8-5-6-12-20-2)15-21-23(4)18-10-11-19-17(14-18)9-7-13-22(19)3/h5-6,8,10-12,14,20-21H,1,7,9,13,15H2,2-4H3/b8-5-,12-6-. The molecule has 0 aliphatic carbocycles. The maximum Gasteiger partial charge on any atom is 0.0520 e. The minimum atomic E-state index is 0.720. The molecule has 0 amide bonds. The molecule has 1 aliphatic rings. The van der Waals surface area contributed by atoms with Gasteiger partial charge in [-0.2, -0.15) is 0 Å². The van der Waals surface area contributed by atoms with Crippen LogP contribution in [0.2, 0.25) is 0 Å². The van der Waals surface area contributed by atoms with Gasteiger partial charge in [0.1, 0.15) is 0 Å². The van der Waals surface area contributed by atoms with E-state index in [1.54, 1.807) is 0 Å². The van der Waals surface area contributed by atoms with Gasteiger partial charge in [0.15, 0.2) is 0 Å². The van der Waals surface area contributed by atoms with Gasteiger partial charge in [-0.3, -0.25) is 0 Å². The lowest BCUT2D eigenvalue weighted by Gasteiger charge is -2.29. The van der Waals surface area contributed by atoms with Crippen LogP contribution in [-0.2, 0) is 6.42 Å². The number of anilines is 2. The highest BCUT2D eigenvalue weighted by Crippen LogP contribution is 2.29. The SMILES string of the molecule is C=C(/C=C\C=C/NC)CNN(C)c1ccc2c(c1)CCCN2C. The van der Waals surface area contributed by atoms with E-state index >= 15 is 0 Å². The minimum absolute atomic E-state index is 0.720. The van der Waals surface area contributed by atoms with E-state index in [1.165, 1.54) is 23.4 Å². The van der Waals surface area contributed by atoms with E-state index in [1.807, 2.05) is 38.5 Å². The Balaban J connectivity index is 1.91. The van der Waals surface area contributed by atoms with E-state index in [0.29, 0.717) is 0 Å². The first kappa shape index (κ1) is 17.2. The third-order valence-corrected chi connectivity index (χ3v) is 4.05. The second-order valence-electron chi connectivity index (χ2n) is 5.90. The van der Waals surface area contributed by atoms with Crippen LogP contribution in [0.1, 0.15) is 12.0 Å². The van der Waals surface area contributed by atoms with E-state index in [-0.39, 0.29) is 0 Å². The molecule has 2 rings (SSSR count). The van der Waals surface area contributed by atoms with Gasteiger partial charge in [-0.25, -0.2) is 5.43 Å². The normalized spacial score (nSPS) is 14.3. The van der Waals surface area contributed by atoms with Crippen LogP contribution in [-0.4, -0.2) is 34.2 Å². The topological polar surface area (TPSA) is 30.5 Å². The zero-order valence-electron chi connectivity index (χ0n) is 14.5. The fraction of sp³-hybridized carbons (Fsp3) is 0.368. The van der Waals surface area contributed by atoms with Crippen LogP contribution < -0.4 is 20.7 Å². The summed E-state index contributed by atoms with van der Waals surface area (Å²) in [5.41, 5.74) is 8.40. The Hall–Kier alpha value is -2.20. The summed E-state index contributed by atoms with van der Waals surface area (Å²) in [6.07, 6.45) is 10.2. The number of aryl methyl sites for hydroxylation is 1. The van der Waals surface area contributed by atoms with Gasteiger partial charge in [-0.05, 0) is 54.5 Å². The Morgan fingerprint density at radius 2 is 2.22 bits per heavy atom. The van der Waals surface area contributed by atoms with Gasteiger partial charge >= 0.3 is 0 Å². The molecule has 1 aliphatic heterocycles. The molecule has 0 atom stereocenters. The van der Waals surface area contributed by atoms with Crippen molar-refractivity contribution in [2.75, 3.05) is 44.1 Å². The molecule has 0 saturated heterocycles. The summed E-state index contributed by atoms with van der Waals surface area (Å²) in [5.74, 6) is 0. The predicted octanol–water partition coefficient (Wildman–Crippen LogP) is 2.86. The summed E-state index contributed by atoms with van der Waals surface area (Å²) in [6, 6.07) is 6.67. The summed E-state index contributed by atoms with van der Waals surface area (Å²) in [4.78, 5) is 2.33. The Morgan fingerprint density at radius 1 is 1.39 bits per heavy atom. The molecule has 1 aromatic rings. The van der Waals surface area contributed by atoms with Crippen molar-refractivity contribution in [2.24, 2.45) is 0 Å². The molecular formula is C19H28N4. The molecule has 0 fully saturated rings. The lowest BCUT2D eigenvalue weighted by atomic mass is 10.0. The molecule has 0 spiro atoms. The van der Waals surface area contributed by atoms with Crippen molar-refractivity contribution >= 4 is 11.4 Å². The van der Waals surface area contributed by atoms with Gasteiger partial charge in [0.2, 0.25) is 0 Å². The molecule has 1 aromatic carbocycles. The first-order valence-electron chi connectivity index (χ1n) is 8.11. The fourth-order valence-electron chi connectivity index (χ4n) is 2.69. The largest absolute Gasteiger partial charge is 0.394 e. The number of rotatable bonds is 7. The third kappa shape index (κ3) is 4.89. The van der Waals surface area contributed by atoms with Crippen molar-refractivity contribution in [3.05, 3.63) is 60.3 Å². The number of hydrogen-bond acceptors (Lipinski definition) is 4. The zero-order chi connectivity index (χ0) is 16.7. The molecule has 2 N–H and O–H groups in total. The molecule has 0 aromatic heterocycles. The number of nitrogens with zero attached hydrogens (tertiary/aromatic N) is 2. The Kier molecular flexibility index (Phi) is 6.29. The zero-order valence-corrected chi connectivity index (χ0v) is 14.5. The van der Waals surface area contributed by atoms with Gasteiger partial charge in [-0.15, -0.1) is 0 Å². The van der Waals surface area contributed by atoms with E-state index in [2.05, 4.69) is 52.5 Å². The first-order valence-corrected chi connectivity index (χ1v) is 8.11. The monoisotopic (exact) mass is 312 g/mol. The van der Waals surface area contributed by atoms with Gasteiger partial charge in [0.05, 0.1) is 5.69 Å². The van der Waals surface area contributed by atoms with Crippen LogP contribution in [0.25, 0.3) is 0 Å². The second-order valence-corrected chi connectivity index (χ2v) is 5.90. The van der Waals surface area contributed by atoms with E-state index in [0.717, 1.165) is 25.1 Å². The van der Waals surface area contributed by atoms with Gasteiger partial charge in [-0.1, -0.05) is 18.7 Å². The molecule has 1 heterocycles. The minimum Gasteiger partial charge on any atom is -0.394 e. The Labute approximate surface area is 140 Å². The Morgan fingerprint density at radius 3 is 3.00 bits per heavy atom. The average Bonchev–Trinajstić information content (AvgIpc) is 2.56. The quantitative estimate of drug-likeness (QED) is 0.599. The van der Waals surface area contributed by atoms with Crippen molar-refractivity contribution < 1.29 is 0 Å². The van der Waals surface area contributed by atoms with Crippen LogP contribution in [0.5, 0.6) is 0 Å². The van der Waals surface area contributed by atoms with Gasteiger partial charge < -0.3 is 15.2 Å². The summed E-state index contributed by atoms with van der Waals surface area (Å²) in [6.45, 7) is 5.93. The first-order chi connectivity index (χ1) is 11.1. The van der Waals surface area contributed by atoms with Gasteiger partial charge in [0, 0.05) is 39.9 Å². The number of hydrazine groups is 1. The summed E-state index contributed by atoms with van der Waals surface area (Å²) in [7, 11) is 6.09. The lowest BCUT2D eigenvalue weighted by molar-refractivity contribution is 0.720. The molecule has 4 heteroatoms. The van der Waals surface area contributed by atoms with Crippen LogP contribution in [0.4, 0.5) is 11.4 Å². The van der Waals surface area contributed by atoms with Crippen molar-refractivity contribution in [3.63, 3.8) is 0 Å². The molecule has 0 radical (unpaired) electrons. The van der Waals surface area contributed by atoms with Crippen LogP contribution in [0.3, 0.4) is 0 Å². The summed E-state index contributed by atoms with van der Waals surface area (Å²) >= 11 is 0. The molecule has 4 nitrogen and oxygen atoms in total. The Bertz CT molecular complexity index is 589. The van der Waals surface area contributed by atoms with Crippen molar-refractivity contribution in [1.29, 1.82) is 0 Å². The summed E-state index contributed by atoms with van der Waals surface area (Å²) in [5, 5.41) is 5.02. The fourth-order valence-corrected chi connectivity index (χ4v) is 2.69. The number of fused-ring (bicyclic) bond motifs is 1. The van der Waals surface area contributed by atoms with Gasteiger partial charge in [0.25, 0.3) is 0 Å². The average molecular weight is 312 g/mol. The maximum atomic E-state index is 4.06. The number of hydrogen-bond donors (Lipinski definition) is 2. The van der Waals surface area contributed by atoms with Crippen molar-refractivity contribution in [1.82, 2.24) is 10.7 Å². The van der Waals surface area contributed by atoms with E-state index in [4.69, 9.17) is 0 Å². The lowest BCUT2D eigenvalue weighted by Crippen LogP contribution is -2.35. The van der Waals surface area contributed by atoms with E-state index in [9.17, 15) is 0 Å². The van der Waals surface area contributed by atoms with E-state index < -0.39 is 0 Å². The van der Waals surface area contributed by atoms with Crippen molar-refractivity contribution in [2.45, 2.75) is 12.8 Å². The maximum absolute atomic E-state index is 4.06. The second kappa shape index (κ2) is 8.44. The number of benzene rings is 1. The molecular weight excluding hydrogens is 284 g/mol. The molecule has 23 heavy (non-hydrogen) atoms. The predicted molar refractivity (Wildman–Crippen MR) is 101 cm³/mol. The molecule has 0 bridgehead atoms. The van der Waals surface area contributed by atoms with Crippen LogP contribution in [0.15, 0.2) is 54.8 Å². The highest BCUT2D eigenvalue weighted by atomic mass is 15.5. The highest BCUT2D eigenvalue weighted by Gasteiger charge is 2.14. The number of nitrogens with one attached hydrogen (secondary N) is 2. The number of allylic oxidation sites excluding steroid dienone is 2. The molecule has 0 saturated carbocycles. The smallest absolute Gasteiger partial charge is 0.0520 e.